The number of hydrogen-bond acceptors (Lipinski definition) is 4. The minimum absolute atomic E-state index is 0.109. The fourth-order valence-electron chi connectivity index (χ4n) is 3.04. The first-order chi connectivity index (χ1) is 10.9. The third-order valence-corrected chi connectivity index (χ3v) is 4.45. The summed E-state index contributed by atoms with van der Waals surface area (Å²) in [5.41, 5.74) is 6.29. The zero-order valence-corrected chi connectivity index (χ0v) is 13.5. The summed E-state index contributed by atoms with van der Waals surface area (Å²) in [6.45, 7) is 1.83. The van der Waals surface area contributed by atoms with E-state index >= 15 is 0 Å². The predicted molar refractivity (Wildman–Crippen MR) is 86.8 cm³/mol. The molecule has 5 nitrogen and oxygen atoms in total. The third kappa shape index (κ3) is 5.06. The van der Waals surface area contributed by atoms with Gasteiger partial charge in [-0.15, -0.1) is 0 Å². The van der Waals surface area contributed by atoms with Gasteiger partial charge in [-0.2, -0.15) is 0 Å². The number of carbonyl (C=O) groups excluding carboxylic acids is 1. The molecule has 0 heterocycles. The maximum atomic E-state index is 12.2. The van der Waals surface area contributed by atoms with Crippen molar-refractivity contribution in [3.63, 3.8) is 0 Å². The van der Waals surface area contributed by atoms with E-state index in [1.807, 2.05) is 37.3 Å². The number of rotatable bonds is 8. The van der Waals surface area contributed by atoms with Gasteiger partial charge in [0.1, 0.15) is 11.6 Å². The Morgan fingerprint density at radius 3 is 2.48 bits per heavy atom. The molecular weight excluding hydrogens is 294 g/mol. The van der Waals surface area contributed by atoms with Gasteiger partial charge in [0.2, 0.25) is 0 Å². The van der Waals surface area contributed by atoms with E-state index in [0.717, 1.165) is 25.7 Å². The molecule has 1 aromatic rings. The van der Waals surface area contributed by atoms with Crippen LogP contribution in [0.1, 0.15) is 44.6 Å². The molecule has 1 aliphatic rings. The van der Waals surface area contributed by atoms with E-state index < -0.39 is 12.0 Å². The van der Waals surface area contributed by atoms with Crippen LogP contribution in [0.3, 0.4) is 0 Å². The summed E-state index contributed by atoms with van der Waals surface area (Å²) in [5.74, 6) is -1.40. The number of esters is 1. The summed E-state index contributed by atoms with van der Waals surface area (Å²) in [6.07, 6.45) is 4.06. The average molecular weight is 319 g/mol. The van der Waals surface area contributed by atoms with E-state index in [-0.39, 0.29) is 30.3 Å². The van der Waals surface area contributed by atoms with Crippen LogP contribution in [0.25, 0.3) is 0 Å². The van der Waals surface area contributed by atoms with Gasteiger partial charge in [-0.25, -0.2) is 0 Å². The number of benzene rings is 1. The number of carboxylic acids is 1. The zero-order valence-electron chi connectivity index (χ0n) is 13.5. The second kappa shape index (κ2) is 7.59. The Balaban J connectivity index is 1.86. The van der Waals surface area contributed by atoms with Gasteiger partial charge in [-0.3, -0.25) is 9.59 Å². The Morgan fingerprint density at radius 2 is 1.96 bits per heavy atom. The second-order valence-corrected chi connectivity index (χ2v) is 6.66. The van der Waals surface area contributed by atoms with Crippen LogP contribution >= 0.6 is 0 Å². The molecule has 0 aromatic heterocycles. The predicted octanol–water partition coefficient (Wildman–Crippen LogP) is 2.52. The molecule has 1 fully saturated rings. The van der Waals surface area contributed by atoms with Crippen molar-refractivity contribution in [1.29, 1.82) is 0 Å². The van der Waals surface area contributed by atoms with E-state index in [1.165, 1.54) is 5.56 Å². The second-order valence-electron chi connectivity index (χ2n) is 6.66. The largest absolute Gasteiger partial charge is 0.480 e. The Hall–Kier alpha value is -1.88. The molecule has 0 bridgehead atoms. The van der Waals surface area contributed by atoms with Crippen molar-refractivity contribution in [1.82, 2.24) is 0 Å². The molecule has 126 valence electrons. The van der Waals surface area contributed by atoms with Crippen LogP contribution < -0.4 is 5.73 Å². The summed E-state index contributed by atoms with van der Waals surface area (Å²) < 4.78 is 5.76. The van der Waals surface area contributed by atoms with Crippen molar-refractivity contribution in [2.24, 2.45) is 11.7 Å². The maximum Gasteiger partial charge on any atom is 0.320 e. The third-order valence-electron chi connectivity index (χ3n) is 4.45. The molecular formula is C18H25NO4. The number of nitrogens with two attached hydrogens (primary N) is 1. The SMILES string of the molecule is CC(CC(=O)OC1(Cc2ccccc2)CCC1)C[C@H](N)C(=O)O. The molecule has 5 heteroatoms. The number of carboxylic acid groups (broad SMARTS) is 1. The van der Waals surface area contributed by atoms with Gasteiger partial charge in [0.25, 0.3) is 0 Å². The first-order valence-electron chi connectivity index (χ1n) is 8.14. The van der Waals surface area contributed by atoms with Gasteiger partial charge in [-0.1, -0.05) is 37.3 Å². The van der Waals surface area contributed by atoms with Crippen molar-refractivity contribution < 1.29 is 19.4 Å². The van der Waals surface area contributed by atoms with Crippen molar-refractivity contribution in [2.75, 3.05) is 0 Å². The molecule has 3 N–H and O–H groups in total. The lowest BCUT2D eigenvalue weighted by molar-refractivity contribution is -0.170. The molecule has 1 saturated carbocycles. The van der Waals surface area contributed by atoms with Gasteiger partial charge in [0.05, 0.1) is 0 Å². The smallest absolute Gasteiger partial charge is 0.320 e. The van der Waals surface area contributed by atoms with Crippen molar-refractivity contribution >= 4 is 11.9 Å². The molecule has 0 spiro atoms. The molecule has 2 atom stereocenters. The average Bonchev–Trinajstić information content (AvgIpc) is 2.45. The van der Waals surface area contributed by atoms with Gasteiger partial charge >= 0.3 is 11.9 Å². The van der Waals surface area contributed by atoms with E-state index in [4.69, 9.17) is 15.6 Å². The van der Waals surface area contributed by atoms with Crippen LogP contribution in [0.15, 0.2) is 30.3 Å². The van der Waals surface area contributed by atoms with Crippen LogP contribution in [0.4, 0.5) is 0 Å². The lowest BCUT2D eigenvalue weighted by Crippen LogP contribution is -2.44. The highest BCUT2D eigenvalue weighted by Gasteiger charge is 2.41. The highest BCUT2D eigenvalue weighted by atomic mass is 16.6. The molecule has 23 heavy (non-hydrogen) atoms. The van der Waals surface area contributed by atoms with Gasteiger partial charge in [0.15, 0.2) is 0 Å². The van der Waals surface area contributed by atoms with E-state index in [2.05, 4.69) is 0 Å². The number of carbonyl (C=O) groups is 2. The monoisotopic (exact) mass is 319 g/mol. The quantitative estimate of drug-likeness (QED) is 0.719. The van der Waals surface area contributed by atoms with Crippen LogP contribution in [0, 0.1) is 5.92 Å². The lowest BCUT2D eigenvalue weighted by Gasteiger charge is -2.41. The minimum atomic E-state index is -1.04. The fourth-order valence-corrected chi connectivity index (χ4v) is 3.04. The van der Waals surface area contributed by atoms with Crippen molar-refractivity contribution in [3.05, 3.63) is 35.9 Å². The Kier molecular flexibility index (Phi) is 5.77. The topological polar surface area (TPSA) is 89.6 Å². The van der Waals surface area contributed by atoms with Crippen molar-refractivity contribution in [2.45, 2.75) is 57.1 Å². The zero-order chi connectivity index (χ0) is 16.9. The molecule has 1 unspecified atom stereocenters. The standard InChI is InChI=1S/C18H25NO4/c1-13(10-15(19)17(21)22)11-16(20)23-18(8-5-9-18)12-14-6-3-2-4-7-14/h2-4,6-7,13,15H,5,8-12,19H2,1H3,(H,21,22)/t13?,15-/m0/s1. The number of hydrogen-bond donors (Lipinski definition) is 2. The number of aliphatic carboxylic acids is 1. The summed E-state index contributed by atoms with van der Waals surface area (Å²) in [7, 11) is 0. The molecule has 0 radical (unpaired) electrons. The Morgan fingerprint density at radius 1 is 1.30 bits per heavy atom. The van der Waals surface area contributed by atoms with E-state index in [0.29, 0.717) is 0 Å². The Labute approximate surface area is 136 Å². The molecule has 0 amide bonds. The van der Waals surface area contributed by atoms with Crippen molar-refractivity contribution in [3.8, 4) is 0 Å². The van der Waals surface area contributed by atoms with Crippen LogP contribution in [0.2, 0.25) is 0 Å². The lowest BCUT2D eigenvalue weighted by atomic mass is 9.75. The summed E-state index contributed by atoms with van der Waals surface area (Å²) >= 11 is 0. The van der Waals surface area contributed by atoms with Gasteiger partial charge in [0, 0.05) is 12.8 Å². The maximum absolute atomic E-state index is 12.2. The molecule has 1 aromatic carbocycles. The fraction of sp³-hybridized carbons (Fsp3) is 0.556. The van der Waals surface area contributed by atoms with Gasteiger partial charge in [-0.05, 0) is 37.2 Å². The van der Waals surface area contributed by atoms with Crippen LogP contribution in [-0.4, -0.2) is 28.7 Å². The molecule has 1 aliphatic carbocycles. The number of ether oxygens (including phenoxy) is 1. The summed E-state index contributed by atoms with van der Waals surface area (Å²) in [4.78, 5) is 23.0. The first-order valence-corrected chi connectivity index (χ1v) is 8.14. The molecule has 2 rings (SSSR count). The van der Waals surface area contributed by atoms with Crippen LogP contribution in [-0.2, 0) is 20.7 Å². The minimum Gasteiger partial charge on any atom is -0.480 e. The first kappa shape index (κ1) is 17.5. The van der Waals surface area contributed by atoms with E-state index in [1.54, 1.807) is 0 Å². The summed E-state index contributed by atoms with van der Waals surface area (Å²) in [5, 5.41) is 8.82. The van der Waals surface area contributed by atoms with Gasteiger partial charge < -0.3 is 15.6 Å². The molecule has 0 saturated heterocycles. The Bertz CT molecular complexity index is 539. The molecule has 0 aliphatic heterocycles. The normalized spacial score (nSPS) is 18.5. The highest BCUT2D eigenvalue weighted by Crippen LogP contribution is 2.39. The van der Waals surface area contributed by atoms with E-state index in [9.17, 15) is 9.59 Å². The summed E-state index contributed by atoms with van der Waals surface area (Å²) in [6, 6.07) is 9.10. The van der Waals surface area contributed by atoms with Crippen LogP contribution in [0.5, 0.6) is 0 Å². The highest BCUT2D eigenvalue weighted by molar-refractivity contribution is 5.73.